The lowest BCUT2D eigenvalue weighted by molar-refractivity contribution is -0.126. The summed E-state index contributed by atoms with van der Waals surface area (Å²) in [5.41, 5.74) is 2.80. The molecule has 0 aliphatic rings. The van der Waals surface area contributed by atoms with E-state index in [1.807, 2.05) is 105 Å². The van der Waals surface area contributed by atoms with Crippen molar-refractivity contribution < 1.29 is 29.0 Å². The number of nitrogens with zero attached hydrogens (tertiary/aromatic N) is 1. The predicted octanol–water partition coefficient (Wildman–Crippen LogP) is 4.60. The molecule has 3 unspecified atom stereocenters. The quantitative estimate of drug-likeness (QED) is 0.107. The van der Waals surface area contributed by atoms with E-state index in [9.17, 15) is 24.3 Å². The van der Waals surface area contributed by atoms with Gasteiger partial charge in [0.25, 0.3) is 5.91 Å². The van der Waals surface area contributed by atoms with E-state index >= 15 is 0 Å². The summed E-state index contributed by atoms with van der Waals surface area (Å²) in [6, 6.07) is 27.5. The van der Waals surface area contributed by atoms with Gasteiger partial charge in [-0.05, 0) is 53.5 Å². The number of alkyl carbamates (subject to hydrolysis) is 1. The van der Waals surface area contributed by atoms with Gasteiger partial charge in [-0.3, -0.25) is 19.4 Å². The number of aliphatic hydroxyl groups is 1. The molecule has 0 radical (unpaired) electrons. The first-order valence-electron chi connectivity index (χ1n) is 17.6. The van der Waals surface area contributed by atoms with Crippen molar-refractivity contribution in [2.45, 2.75) is 77.4 Å². The average Bonchev–Trinajstić information content (AvgIpc) is 3.15. The summed E-state index contributed by atoms with van der Waals surface area (Å²) in [6.07, 6.45) is 1.39. The fourth-order valence-electron chi connectivity index (χ4n) is 5.76. The number of ether oxygens (including phenoxy) is 1. The Labute approximate surface area is 305 Å². The molecule has 1 aromatic heterocycles. The third-order valence-corrected chi connectivity index (χ3v) is 8.67. The summed E-state index contributed by atoms with van der Waals surface area (Å²) >= 11 is 0. The van der Waals surface area contributed by atoms with Gasteiger partial charge in [0.1, 0.15) is 18.7 Å². The van der Waals surface area contributed by atoms with Crippen LogP contribution in [-0.4, -0.2) is 64.2 Å². The van der Waals surface area contributed by atoms with Crippen LogP contribution in [0.4, 0.5) is 4.79 Å². The first-order chi connectivity index (χ1) is 25.0. The lowest BCUT2D eigenvalue weighted by atomic mass is 9.91. The molecule has 3 aromatic carbocycles. The molecule has 0 fully saturated rings. The molecule has 5 atom stereocenters. The molecule has 0 bridgehead atoms. The number of rotatable bonds is 17. The Morgan fingerprint density at radius 3 is 1.52 bits per heavy atom. The summed E-state index contributed by atoms with van der Waals surface area (Å²) in [5.74, 6) is -2.07. The van der Waals surface area contributed by atoms with E-state index in [-0.39, 0.29) is 31.3 Å². The minimum absolute atomic E-state index is 0.0371. The lowest BCUT2D eigenvalue weighted by Crippen LogP contribution is -2.61. The molecule has 4 amide bonds. The Hall–Kier alpha value is -5.55. The van der Waals surface area contributed by atoms with Gasteiger partial charge in [0.05, 0.1) is 23.8 Å². The van der Waals surface area contributed by atoms with Crippen molar-refractivity contribution >= 4 is 23.8 Å². The van der Waals surface area contributed by atoms with E-state index < -0.39 is 54.1 Å². The third-order valence-electron chi connectivity index (χ3n) is 8.67. The van der Waals surface area contributed by atoms with Crippen LogP contribution < -0.4 is 21.3 Å². The van der Waals surface area contributed by atoms with E-state index in [1.165, 1.54) is 6.20 Å². The van der Waals surface area contributed by atoms with Crippen LogP contribution >= 0.6 is 0 Å². The molecular weight excluding hydrogens is 658 g/mol. The van der Waals surface area contributed by atoms with Gasteiger partial charge in [-0.1, -0.05) is 119 Å². The van der Waals surface area contributed by atoms with Crippen molar-refractivity contribution in [2.24, 2.45) is 11.8 Å². The van der Waals surface area contributed by atoms with E-state index in [0.717, 1.165) is 16.7 Å². The topological polar surface area (TPSA) is 159 Å². The number of aromatic nitrogens is 1. The minimum atomic E-state index is -1.30. The number of hydrogen-bond donors (Lipinski definition) is 5. The summed E-state index contributed by atoms with van der Waals surface area (Å²) in [4.78, 5) is 57.7. The number of carbonyl (C=O) groups excluding carboxylic acids is 4. The van der Waals surface area contributed by atoms with Gasteiger partial charge in [-0.2, -0.15) is 0 Å². The number of pyridine rings is 1. The summed E-state index contributed by atoms with van der Waals surface area (Å²) in [7, 11) is 0. The SMILES string of the molecule is CC(C)[C@H](NC(=O)OCc1ccccc1)C(=O)NC(Cc1ccccc1)C(O)C(Cc1ccccc1)NC(=O)[C@@H](NC(=O)c1cccnc1)C(C)C. The molecule has 52 heavy (non-hydrogen) atoms. The average molecular weight is 708 g/mol. The number of amides is 4. The zero-order valence-electron chi connectivity index (χ0n) is 30.1. The lowest BCUT2D eigenvalue weighted by Gasteiger charge is -2.34. The van der Waals surface area contributed by atoms with Crippen molar-refractivity contribution in [3.8, 4) is 0 Å². The van der Waals surface area contributed by atoms with E-state index in [0.29, 0.717) is 5.56 Å². The molecule has 4 rings (SSSR count). The van der Waals surface area contributed by atoms with Gasteiger partial charge in [0.2, 0.25) is 11.8 Å². The number of aliphatic hydroxyl groups excluding tert-OH is 1. The van der Waals surface area contributed by atoms with Gasteiger partial charge in [0.15, 0.2) is 0 Å². The molecule has 5 N–H and O–H groups in total. The standard InChI is InChI=1S/C41H49N5O6/c1-27(2)35(45-38(48)32-21-14-22-42-25-32)39(49)43-33(23-29-15-8-5-9-16-29)37(47)34(24-30-17-10-6-11-18-30)44-40(50)36(28(3)4)46-41(51)52-26-31-19-12-7-13-20-31/h5-22,25,27-28,33-37,47H,23-24,26H2,1-4H3,(H,43,49)(H,44,50)(H,45,48)(H,46,51)/t33?,34?,35-,36-,37?/m0/s1. The van der Waals surface area contributed by atoms with Crippen LogP contribution in [-0.2, 0) is 33.8 Å². The highest BCUT2D eigenvalue weighted by Crippen LogP contribution is 2.16. The van der Waals surface area contributed by atoms with Crippen LogP contribution in [0.25, 0.3) is 0 Å². The van der Waals surface area contributed by atoms with Crippen molar-refractivity contribution in [3.63, 3.8) is 0 Å². The first-order valence-corrected chi connectivity index (χ1v) is 17.6. The van der Waals surface area contributed by atoms with Crippen LogP contribution in [0.15, 0.2) is 116 Å². The third kappa shape index (κ3) is 12.1. The van der Waals surface area contributed by atoms with Crippen LogP contribution in [0.5, 0.6) is 0 Å². The van der Waals surface area contributed by atoms with E-state index in [4.69, 9.17) is 4.74 Å². The number of nitrogens with one attached hydrogen (secondary N) is 4. The molecular formula is C41H49N5O6. The van der Waals surface area contributed by atoms with E-state index in [2.05, 4.69) is 26.3 Å². The second-order valence-electron chi connectivity index (χ2n) is 13.5. The summed E-state index contributed by atoms with van der Waals surface area (Å²) in [6.45, 7) is 7.27. The van der Waals surface area contributed by atoms with Gasteiger partial charge < -0.3 is 31.1 Å². The number of benzene rings is 3. The molecule has 4 aromatic rings. The maximum absolute atomic E-state index is 13.9. The summed E-state index contributed by atoms with van der Waals surface area (Å²) in [5, 5.41) is 23.6. The molecule has 11 nitrogen and oxygen atoms in total. The normalized spacial score (nSPS) is 14.0. The largest absolute Gasteiger partial charge is 0.445 e. The molecule has 11 heteroatoms. The second kappa shape index (κ2) is 19.7. The van der Waals surface area contributed by atoms with Crippen LogP contribution in [0.3, 0.4) is 0 Å². The number of carbonyl (C=O) groups is 4. The fourth-order valence-corrected chi connectivity index (χ4v) is 5.76. The van der Waals surface area contributed by atoms with Crippen LogP contribution in [0, 0.1) is 11.8 Å². The molecule has 0 aliphatic carbocycles. The van der Waals surface area contributed by atoms with Crippen molar-refractivity contribution in [3.05, 3.63) is 138 Å². The zero-order chi connectivity index (χ0) is 37.5. The monoisotopic (exact) mass is 707 g/mol. The smallest absolute Gasteiger partial charge is 0.408 e. The Balaban J connectivity index is 1.57. The predicted molar refractivity (Wildman–Crippen MR) is 199 cm³/mol. The Morgan fingerprint density at radius 2 is 1.08 bits per heavy atom. The van der Waals surface area contributed by atoms with Crippen LogP contribution in [0.2, 0.25) is 0 Å². The van der Waals surface area contributed by atoms with Crippen molar-refractivity contribution in [1.29, 1.82) is 0 Å². The highest BCUT2D eigenvalue weighted by Gasteiger charge is 2.35. The maximum Gasteiger partial charge on any atom is 0.408 e. The molecule has 0 spiro atoms. The molecule has 0 saturated carbocycles. The Morgan fingerprint density at radius 1 is 0.615 bits per heavy atom. The van der Waals surface area contributed by atoms with E-state index in [1.54, 1.807) is 32.2 Å². The first kappa shape index (κ1) is 39.2. The highest BCUT2D eigenvalue weighted by atomic mass is 16.5. The maximum atomic E-state index is 13.9. The molecule has 0 aliphatic heterocycles. The molecule has 0 saturated heterocycles. The molecule has 274 valence electrons. The van der Waals surface area contributed by atoms with Crippen molar-refractivity contribution in [2.75, 3.05) is 0 Å². The number of hydrogen-bond acceptors (Lipinski definition) is 7. The summed E-state index contributed by atoms with van der Waals surface area (Å²) < 4.78 is 5.39. The Bertz CT molecular complexity index is 1710. The van der Waals surface area contributed by atoms with Gasteiger partial charge in [-0.15, -0.1) is 0 Å². The van der Waals surface area contributed by atoms with Gasteiger partial charge in [0, 0.05) is 12.4 Å². The fraction of sp³-hybridized carbons (Fsp3) is 0.341. The van der Waals surface area contributed by atoms with Crippen molar-refractivity contribution in [1.82, 2.24) is 26.3 Å². The van der Waals surface area contributed by atoms with Gasteiger partial charge >= 0.3 is 6.09 Å². The van der Waals surface area contributed by atoms with Gasteiger partial charge in [-0.25, -0.2) is 4.79 Å². The second-order valence-corrected chi connectivity index (χ2v) is 13.5. The minimum Gasteiger partial charge on any atom is -0.445 e. The highest BCUT2D eigenvalue weighted by molar-refractivity contribution is 5.97. The zero-order valence-corrected chi connectivity index (χ0v) is 30.1. The molecule has 1 heterocycles. The van der Waals surface area contributed by atoms with Crippen LogP contribution in [0.1, 0.15) is 54.7 Å². The Kier molecular flexibility index (Phi) is 14.9.